The first-order valence-electron chi connectivity index (χ1n) is 8.29. The highest BCUT2D eigenvalue weighted by Gasteiger charge is 2.51. The number of fused-ring (bicyclic) bond motifs is 1. The SMILES string of the molecule is CCc1cc(C(N2CC(C)(C)C(=O)N2)C(F)(F)F)cc2ccccc12. The summed E-state index contributed by atoms with van der Waals surface area (Å²) in [5.41, 5.74) is 2.58. The Morgan fingerprint density at radius 3 is 2.48 bits per heavy atom. The summed E-state index contributed by atoms with van der Waals surface area (Å²) in [5, 5.41) is 2.75. The summed E-state index contributed by atoms with van der Waals surface area (Å²) in [6, 6.07) is 8.75. The first-order valence-corrected chi connectivity index (χ1v) is 8.29. The molecule has 0 bridgehead atoms. The minimum absolute atomic E-state index is 0.00426. The molecule has 3 rings (SSSR count). The zero-order chi connectivity index (χ0) is 18.4. The summed E-state index contributed by atoms with van der Waals surface area (Å²) in [7, 11) is 0. The molecular weight excluding hydrogens is 329 g/mol. The fourth-order valence-corrected chi connectivity index (χ4v) is 3.39. The van der Waals surface area contributed by atoms with Gasteiger partial charge in [-0.3, -0.25) is 10.2 Å². The number of rotatable bonds is 3. The Morgan fingerprint density at radius 1 is 1.24 bits per heavy atom. The Balaban J connectivity index is 2.12. The lowest BCUT2D eigenvalue weighted by Gasteiger charge is -2.30. The highest BCUT2D eigenvalue weighted by atomic mass is 19.4. The Labute approximate surface area is 144 Å². The highest BCUT2D eigenvalue weighted by molar-refractivity contribution is 5.87. The zero-order valence-electron chi connectivity index (χ0n) is 14.4. The minimum Gasteiger partial charge on any atom is -0.287 e. The quantitative estimate of drug-likeness (QED) is 0.891. The Hall–Kier alpha value is -2.08. The number of hydrazine groups is 1. The van der Waals surface area contributed by atoms with Crippen LogP contribution in [0.5, 0.6) is 0 Å². The van der Waals surface area contributed by atoms with Gasteiger partial charge in [-0.1, -0.05) is 37.3 Å². The molecule has 1 aliphatic rings. The molecule has 0 aliphatic carbocycles. The topological polar surface area (TPSA) is 32.3 Å². The van der Waals surface area contributed by atoms with E-state index in [1.54, 1.807) is 26.0 Å². The van der Waals surface area contributed by atoms with Gasteiger partial charge in [0.1, 0.15) is 6.04 Å². The molecule has 2 aromatic carbocycles. The van der Waals surface area contributed by atoms with Crippen molar-refractivity contribution >= 4 is 16.7 Å². The van der Waals surface area contributed by atoms with Crippen molar-refractivity contribution in [2.75, 3.05) is 6.54 Å². The highest BCUT2D eigenvalue weighted by Crippen LogP contribution is 2.41. The molecular formula is C19H21F3N2O. The largest absolute Gasteiger partial charge is 0.409 e. The molecule has 2 aromatic rings. The van der Waals surface area contributed by atoms with Crippen molar-refractivity contribution in [2.45, 2.75) is 39.4 Å². The molecule has 0 saturated carbocycles. The number of carbonyl (C=O) groups is 1. The Morgan fingerprint density at radius 2 is 1.92 bits per heavy atom. The van der Waals surface area contributed by atoms with Gasteiger partial charge >= 0.3 is 6.18 Å². The maximum Gasteiger partial charge on any atom is 0.409 e. The lowest BCUT2D eigenvalue weighted by Crippen LogP contribution is -2.43. The molecule has 25 heavy (non-hydrogen) atoms. The third kappa shape index (κ3) is 3.23. The standard InChI is InChI=1S/C19H21F3N2O/c1-4-12-9-14(10-13-7-5-6-8-15(12)13)16(19(20,21)22)24-11-18(2,3)17(25)23-24/h5-10,16H,4,11H2,1-3H3,(H,23,25). The van der Waals surface area contributed by atoms with Gasteiger partial charge in [0, 0.05) is 6.54 Å². The molecule has 134 valence electrons. The molecule has 3 nitrogen and oxygen atoms in total. The summed E-state index contributed by atoms with van der Waals surface area (Å²) < 4.78 is 41.6. The van der Waals surface area contributed by atoms with Crippen LogP contribution in [0.25, 0.3) is 10.8 Å². The van der Waals surface area contributed by atoms with Gasteiger partial charge in [-0.2, -0.15) is 13.2 Å². The van der Waals surface area contributed by atoms with Crippen molar-refractivity contribution in [1.82, 2.24) is 10.4 Å². The number of benzene rings is 2. The number of amides is 1. The molecule has 1 heterocycles. The summed E-state index contributed by atoms with van der Waals surface area (Å²) in [6.45, 7) is 5.22. The van der Waals surface area contributed by atoms with Gasteiger partial charge in [-0.05, 0) is 48.2 Å². The molecule has 1 N–H and O–H groups in total. The van der Waals surface area contributed by atoms with Gasteiger partial charge in [0.25, 0.3) is 0 Å². The Kier molecular flexibility index (Phi) is 4.27. The first-order chi connectivity index (χ1) is 11.6. The maximum atomic E-state index is 13.9. The van der Waals surface area contributed by atoms with Crippen LogP contribution in [0.2, 0.25) is 0 Å². The van der Waals surface area contributed by atoms with E-state index in [1.165, 1.54) is 0 Å². The predicted octanol–water partition coefficient (Wildman–Crippen LogP) is 4.38. The monoisotopic (exact) mass is 350 g/mol. The van der Waals surface area contributed by atoms with E-state index < -0.39 is 23.5 Å². The van der Waals surface area contributed by atoms with E-state index in [0.29, 0.717) is 6.42 Å². The molecule has 1 atom stereocenters. The average Bonchev–Trinajstić information content (AvgIpc) is 2.78. The zero-order valence-corrected chi connectivity index (χ0v) is 14.4. The molecule has 0 aromatic heterocycles. The van der Waals surface area contributed by atoms with Crippen molar-refractivity contribution in [3.05, 3.63) is 47.5 Å². The van der Waals surface area contributed by atoms with Crippen LogP contribution in [0, 0.1) is 5.41 Å². The van der Waals surface area contributed by atoms with Crippen LogP contribution >= 0.6 is 0 Å². The molecule has 1 unspecified atom stereocenters. The van der Waals surface area contributed by atoms with E-state index in [4.69, 9.17) is 0 Å². The van der Waals surface area contributed by atoms with Crippen molar-refractivity contribution in [3.8, 4) is 0 Å². The molecule has 1 aliphatic heterocycles. The van der Waals surface area contributed by atoms with E-state index in [9.17, 15) is 18.0 Å². The summed E-state index contributed by atoms with van der Waals surface area (Å²) >= 11 is 0. The first kappa shape index (κ1) is 17.7. The molecule has 1 saturated heterocycles. The molecule has 1 fully saturated rings. The van der Waals surface area contributed by atoms with Gasteiger partial charge in [-0.25, -0.2) is 5.01 Å². The van der Waals surface area contributed by atoms with Gasteiger partial charge in [-0.15, -0.1) is 0 Å². The maximum absolute atomic E-state index is 13.9. The smallest absolute Gasteiger partial charge is 0.287 e. The van der Waals surface area contributed by atoms with Gasteiger partial charge in [0.15, 0.2) is 0 Å². The molecule has 0 radical (unpaired) electrons. The third-order valence-corrected chi connectivity index (χ3v) is 4.71. The van der Waals surface area contributed by atoms with Crippen molar-refractivity contribution in [1.29, 1.82) is 0 Å². The third-order valence-electron chi connectivity index (χ3n) is 4.71. The minimum atomic E-state index is -4.50. The normalized spacial score (nSPS) is 19.2. The average molecular weight is 350 g/mol. The van der Waals surface area contributed by atoms with Gasteiger partial charge in [0.05, 0.1) is 5.41 Å². The number of nitrogens with one attached hydrogen (secondary N) is 1. The Bertz CT molecular complexity index is 814. The fraction of sp³-hybridized carbons (Fsp3) is 0.421. The van der Waals surface area contributed by atoms with Crippen molar-refractivity contribution in [2.24, 2.45) is 5.41 Å². The molecule has 0 spiro atoms. The van der Waals surface area contributed by atoms with Gasteiger partial charge in [0.2, 0.25) is 5.91 Å². The van der Waals surface area contributed by atoms with Crippen LogP contribution in [0.1, 0.15) is 37.9 Å². The van der Waals surface area contributed by atoms with Gasteiger partial charge < -0.3 is 0 Å². The van der Waals surface area contributed by atoms with Crippen LogP contribution < -0.4 is 5.43 Å². The van der Waals surface area contributed by atoms with Crippen LogP contribution in [-0.4, -0.2) is 23.6 Å². The lowest BCUT2D eigenvalue weighted by molar-refractivity contribution is -0.191. The molecule has 6 heteroatoms. The van der Waals surface area contributed by atoms with Crippen LogP contribution in [-0.2, 0) is 11.2 Å². The summed E-state index contributed by atoms with van der Waals surface area (Å²) in [5.74, 6) is -0.391. The number of alkyl halides is 3. The summed E-state index contributed by atoms with van der Waals surface area (Å²) in [4.78, 5) is 12.0. The fourth-order valence-electron chi connectivity index (χ4n) is 3.39. The number of carbonyl (C=O) groups excluding carboxylic acids is 1. The van der Waals surface area contributed by atoms with E-state index in [0.717, 1.165) is 21.3 Å². The number of aryl methyl sites for hydroxylation is 1. The van der Waals surface area contributed by atoms with E-state index in [2.05, 4.69) is 5.43 Å². The number of hydrogen-bond donors (Lipinski definition) is 1. The predicted molar refractivity (Wildman–Crippen MR) is 90.8 cm³/mol. The lowest BCUT2D eigenvalue weighted by atomic mass is 9.92. The second-order valence-electron chi connectivity index (χ2n) is 7.15. The van der Waals surface area contributed by atoms with E-state index >= 15 is 0 Å². The second kappa shape index (κ2) is 6.02. The van der Waals surface area contributed by atoms with E-state index in [1.807, 2.05) is 31.2 Å². The van der Waals surface area contributed by atoms with Crippen molar-refractivity contribution in [3.63, 3.8) is 0 Å². The molecule has 1 amide bonds. The van der Waals surface area contributed by atoms with Crippen LogP contribution in [0.3, 0.4) is 0 Å². The van der Waals surface area contributed by atoms with Crippen LogP contribution in [0.4, 0.5) is 13.2 Å². The number of halogens is 3. The number of nitrogens with zero attached hydrogens (tertiary/aromatic N) is 1. The van der Waals surface area contributed by atoms with E-state index in [-0.39, 0.29) is 12.1 Å². The number of hydrogen-bond acceptors (Lipinski definition) is 2. The van der Waals surface area contributed by atoms with Crippen LogP contribution in [0.15, 0.2) is 36.4 Å². The summed E-state index contributed by atoms with van der Waals surface area (Å²) in [6.07, 6.45) is -3.86. The van der Waals surface area contributed by atoms with Crippen molar-refractivity contribution < 1.29 is 18.0 Å². The second-order valence-corrected chi connectivity index (χ2v) is 7.15.